The van der Waals surface area contributed by atoms with Crippen LogP contribution in [0.2, 0.25) is 0 Å². The first kappa shape index (κ1) is 18.8. The van der Waals surface area contributed by atoms with Crippen LogP contribution in [0, 0.1) is 6.92 Å². The molecule has 7 heteroatoms. The Balaban J connectivity index is 1.58. The van der Waals surface area contributed by atoms with Crippen molar-refractivity contribution in [1.29, 1.82) is 0 Å². The van der Waals surface area contributed by atoms with Crippen LogP contribution in [0.3, 0.4) is 0 Å². The molecule has 0 aliphatic carbocycles. The number of amides is 1. The Hall–Kier alpha value is -3.58. The number of nitrogens with zero attached hydrogens (tertiary/aromatic N) is 3. The number of aromatic nitrogens is 3. The zero-order valence-electron chi connectivity index (χ0n) is 15.9. The van der Waals surface area contributed by atoms with E-state index in [1.54, 1.807) is 13.1 Å². The number of thiazole rings is 1. The number of benzene rings is 2. The Kier molecular flexibility index (Phi) is 5.05. The molecule has 0 aliphatic heterocycles. The maximum absolute atomic E-state index is 12.8. The monoisotopic (exact) mass is 402 g/mol. The van der Waals surface area contributed by atoms with E-state index in [4.69, 9.17) is 0 Å². The van der Waals surface area contributed by atoms with Gasteiger partial charge >= 0.3 is 0 Å². The molecule has 0 saturated heterocycles. The third-order valence-electron chi connectivity index (χ3n) is 4.40. The number of hydrogen-bond donors (Lipinski definition) is 1. The van der Waals surface area contributed by atoms with Crippen LogP contribution in [0.1, 0.15) is 15.4 Å². The van der Waals surface area contributed by atoms with E-state index in [-0.39, 0.29) is 11.5 Å². The van der Waals surface area contributed by atoms with Crippen molar-refractivity contribution in [3.05, 3.63) is 87.7 Å². The molecule has 0 spiro atoms. The topological polar surface area (TPSA) is 76.9 Å². The van der Waals surface area contributed by atoms with E-state index in [9.17, 15) is 9.59 Å². The van der Waals surface area contributed by atoms with Gasteiger partial charge in [0.1, 0.15) is 9.88 Å². The Labute approximate surface area is 171 Å². The standard InChI is InChI=1S/C22H18N4O2S/c1-14-20(29-22(23-14)15-7-4-3-5-8-15)21(28)24-17-10-6-9-16(13-17)18-11-12-19(27)26(2)25-18/h3-13H,1-2H3,(H,24,28). The number of rotatable bonds is 4. The number of nitrogens with one attached hydrogen (secondary N) is 1. The summed E-state index contributed by atoms with van der Waals surface area (Å²) < 4.78 is 1.28. The second-order valence-corrected chi connectivity index (χ2v) is 7.51. The lowest BCUT2D eigenvalue weighted by Crippen LogP contribution is -2.18. The quantitative estimate of drug-likeness (QED) is 0.557. The normalized spacial score (nSPS) is 10.7. The predicted octanol–water partition coefficient (Wildman–Crippen LogP) is 4.13. The van der Waals surface area contributed by atoms with E-state index in [0.717, 1.165) is 16.1 Å². The molecule has 144 valence electrons. The lowest BCUT2D eigenvalue weighted by Gasteiger charge is -2.07. The van der Waals surface area contributed by atoms with Crippen molar-refractivity contribution in [1.82, 2.24) is 14.8 Å². The molecule has 0 unspecified atom stereocenters. The van der Waals surface area contributed by atoms with E-state index in [1.165, 1.54) is 22.1 Å². The molecule has 0 saturated carbocycles. The van der Waals surface area contributed by atoms with Crippen LogP contribution >= 0.6 is 11.3 Å². The lowest BCUT2D eigenvalue weighted by atomic mass is 10.1. The first-order valence-electron chi connectivity index (χ1n) is 9.00. The Morgan fingerprint density at radius 2 is 1.76 bits per heavy atom. The van der Waals surface area contributed by atoms with Gasteiger partial charge in [-0.3, -0.25) is 9.59 Å². The Bertz CT molecular complexity index is 1250. The van der Waals surface area contributed by atoms with Gasteiger partial charge in [0, 0.05) is 29.9 Å². The predicted molar refractivity (Wildman–Crippen MR) is 115 cm³/mol. The van der Waals surface area contributed by atoms with Gasteiger partial charge in [-0.05, 0) is 25.1 Å². The summed E-state index contributed by atoms with van der Waals surface area (Å²) in [6.07, 6.45) is 0. The van der Waals surface area contributed by atoms with Crippen LogP contribution in [0.4, 0.5) is 5.69 Å². The van der Waals surface area contributed by atoms with Crippen molar-refractivity contribution in [2.24, 2.45) is 7.05 Å². The van der Waals surface area contributed by atoms with Crippen LogP contribution < -0.4 is 10.9 Å². The van der Waals surface area contributed by atoms with Crippen LogP contribution in [0.15, 0.2) is 71.5 Å². The number of anilines is 1. The molecule has 2 aromatic heterocycles. The molecule has 0 atom stereocenters. The van der Waals surface area contributed by atoms with Crippen molar-refractivity contribution < 1.29 is 4.79 Å². The molecule has 6 nitrogen and oxygen atoms in total. The number of carbonyl (C=O) groups is 1. The average Bonchev–Trinajstić information content (AvgIpc) is 3.13. The van der Waals surface area contributed by atoms with Gasteiger partial charge in [0.2, 0.25) is 0 Å². The zero-order chi connectivity index (χ0) is 20.4. The van der Waals surface area contributed by atoms with Gasteiger partial charge in [-0.2, -0.15) is 5.10 Å². The summed E-state index contributed by atoms with van der Waals surface area (Å²) in [6.45, 7) is 1.84. The van der Waals surface area contributed by atoms with Crippen molar-refractivity contribution in [2.75, 3.05) is 5.32 Å². The summed E-state index contributed by atoms with van der Waals surface area (Å²) in [7, 11) is 1.61. The molecular formula is C22H18N4O2S. The van der Waals surface area contributed by atoms with Crippen LogP contribution in [-0.4, -0.2) is 20.7 Å². The minimum Gasteiger partial charge on any atom is -0.321 e. The van der Waals surface area contributed by atoms with E-state index in [0.29, 0.717) is 22.0 Å². The molecule has 0 bridgehead atoms. The number of carbonyl (C=O) groups excluding carboxylic acids is 1. The van der Waals surface area contributed by atoms with E-state index in [2.05, 4.69) is 15.4 Å². The van der Waals surface area contributed by atoms with Crippen LogP contribution in [0.5, 0.6) is 0 Å². The third kappa shape index (κ3) is 4.00. The fourth-order valence-electron chi connectivity index (χ4n) is 2.91. The summed E-state index contributed by atoms with van der Waals surface area (Å²) in [4.78, 5) is 29.5. The number of aryl methyl sites for hydroxylation is 2. The highest BCUT2D eigenvalue weighted by Gasteiger charge is 2.16. The smallest absolute Gasteiger partial charge is 0.267 e. The summed E-state index contributed by atoms with van der Waals surface area (Å²) in [5, 5.41) is 8.01. The second kappa shape index (κ2) is 7.81. The first-order chi connectivity index (χ1) is 14.0. The molecule has 2 heterocycles. The van der Waals surface area contributed by atoms with Gasteiger partial charge < -0.3 is 5.32 Å². The van der Waals surface area contributed by atoms with Gasteiger partial charge in [-0.25, -0.2) is 9.67 Å². The highest BCUT2D eigenvalue weighted by atomic mass is 32.1. The lowest BCUT2D eigenvalue weighted by molar-refractivity contribution is 0.103. The highest BCUT2D eigenvalue weighted by Crippen LogP contribution is 2.28. The van der Waals surface area contributed by atoms with Crippen molar-refractivity contribution in [3.8, 4) is 21.8 Å². The van der Waals surface area contributed by atoms with Crippen molar-refractivity contribution in [3.63, 3.8) is 0 Å². The molecule has 0 fully saturated rings. The van der Waals surface area contributed by atoms with Crippen LogP contribution in [0.25, 0.3) is 21.8 Å². The molecule has 0 radical (unpaired) electrons. The summed E-state index contributed by atoms with van der Waals surface area (Å²) in [5.74, 6) is -0.201. The molecule has 2 aromatic carbocycles. The summed E-state index contributed by atoms with van der Waals surface area (Å²) in [5.41, 5.74) is 3.63. The van der Waals surface area contributed by atoms with Crippen molar-refractivity contribution in [2.45, 2.75) is 6.92 Å². The molecule has 4 aromatic rings. The zero-order valence-corrected chi connectivity index (χ0v) is 16.7. The van der Waals surface area contributed by atoms with Crippen LogP contribution in [-0.2, 0) is 7.05 Å². The maximum atomic E-state index is 12.8. The summed E-state index contributed by atoms with van der Waals surface area (Å²) >= 11 is 1.37. The molecular weight excluding hydrogens is 384 g/mol. The SMILES string of the molecule is Cc1nc(-c2ccccc2)sc1C(=O)Nc1cccc(-c2ccc(=O)n(C)n2)c1. The molecule has 1 amide bonds. The van der Waals surface area contributed by atoms with Gasteiger partial charge in [-0.1, -0.05) is 42.5 Å². The molecule has 29 heavy (non-hydrogen) atoms. The third-order valence-corrected chi connectivity index (χ3v) is 5.61. The van der Waals surface area contributed by atoms with Gasteiger partial charge in [0.15, 0.2) is 0 Å². The van der Waals surface area contributed by atoms with E-state index < -0.39 is 0 Å². The fourth-order valence-corrected chi connectivity index (χ4v) is 3.88. The minimum atomic E-state index is -0.201. The Morgan fingerprint density at radius 1 is 1.00 bits per heavy atom. The molecule has 1 N–H and O–H groups in total. The Morgan fingerprint density at radius 3 is 2.52 bits per heavy atom. The number of hydrogen-bond acceptors (Lipinski definition) is 5. The van der Waals surface area contributed by atoms with E-state index >= 15 is 0 Å². The molecule has 0 aliphatic rings. The average molecular weight is 402 g/mol. The van der Waals surface area contributed by atoms with Gasteiger partial charge in [-0.15, -0.1) is 11.3 Å². The van der Waals surface area contributed by atoms with Crippen molar-refractivity contribution >= 4 is 22.9 Å². The highest BCUT2D eigenvalue weighted by molar-refractivity contribution is 7.17. The van der Waals surface area contributed by atoms with E-state index in [1.807, 2.05) is 61.5 Å². The fraction of sp³-hybridized carbons (Fsp3) is 0.0909. The molecule has 4 rings (SSSR count). The largest absolute Gasteiger partial charge is 0.321 e. The van der Waals surface area contributed by atoms with Gasteiger partial charge in [0.05, 0.1) is 11.4 Å². The maximum Gasteiger partial charge on any atom is 0.267 e. The minimum absolute atomic E-state index is 0.173. The summed E-state index contributed by atoms with van der Waals surface area (Å²) in [6, 6.07) is 20.3. The first-order valence-corrected chi connectivity index (χ1v) is 9.82. The van der Waals surface area contributed by atoms with Gasteiger partial charge in [0.25, 0.3) is 11.5 Å². The second-order valence-electron chi connectivity index (χ2n) is 6.51.